The second kappa shape index (κ2) is 8.56. The highest BCUT2D eigenvalue weighted by molar-refractivity contribution is 6.30. The molecule has 138 valence electrons. The Balaban J connectivity index is 1.69. The first kappa shape index (κ1) is 18.7. The van der Waals surface area contributed by atoms with Crippen LogP contribution in [0.25, 0.3) is 0 Å². The molecule has 1 amide bonds. The number of rotatable bonds is 6. The van der Waals surface area contributed by atoms with Crippen molar-refractivity contribution in [3.63, 3.8) is 0 Å². The number of carbonyl (C=O) groups is 1. The SMILES string of the molecule is COc1ccc(Cl)cc1CN(C)C(=O)c1ccc(Oc2cccnc2)cc1. The first-order valence-electron chi connectivity index (χ1n) is 8.32. The zero-order chi connectivity index (χ0) is 19.2. The molecule has 1 aromatic heterocycles. The van der Waals surface area contributed by atoms with Crippen molar-refractivity contribution in [2.45, 2.75) is 6.54 Å². The summed E-state index contributed by atoms with van der Waals surface area (Å²) in [6, 6.07) is 16.0. The van der Waals surface area contributed by atoms with Crippen LogP contribution in [0, 0.1) is 0 Å². The zero-order valence-electron chi connectivity index (χ0n) is 15.1. The van der Waals surface area contributed by atoms with Crippen molar-refractivity contribution in [3.05, 3.63) is 83.1 Å². The van der Waals surface area contributed by atoms with Gasteiger partial charge in [-0.2, -0.15) is 0 Å². The fourth-order valence-corrected chi connectivity index (χ4v) is 2.82. The van der Waals surface area contributed by atoms with Crippen LogP contribution in [0.4, 0.5) is 0 Å². The highest BCUT2D eigenvalue weighted by Crippen LogP contribution is 2.25. The van der Waals surface area contributed by atoms with Gasteiger partial charge in [0.25, 0.3) is 5.91 Å². The molecule has 0 unspecified atom stereocenters. The van der Waals surface area contributed by atoms with Crippen LogP contribution in [0.5, 0.6) is 17.2 Å². The van der Waals surface area contributed by atoms with Gasteiger partial charge >= 0.3 is 0 Å². The highest BCUT2D eigenvalue weighted by Gasteiger charge is 2.15. The van der Waals surface area contributed by atoms with Gasteiger partial charge in [0.05, 0.1) is 13.3 Å². The first-order chi connectivity index (χ1) is 13.1. The molecular weight excluding hydrogens is 364 g/mol. The molecule has 0 saturated heterocycles. The Bertz CT molecular complexity index is 914. The molecule has 5 nitrogen and oxygen atoms in total. The fraction of sp³-hybridized carbons (Fsp3) is 0.143. The molecule has 0 aliphatic rings. The molecule has 3 rings (SSSR count). The maximum absolute atomic E-state index is 12.7. The second-order valence-corrected chi connectivity index (χ2v) is 6.37. The average Bonchev–Trinajstić information content (AvgIpc) is 2.69. The molecule has 0 saturated carbocycles. The maximum atomic E-state index is 12.7. The van der Waals surface area contributed by atoms with Crippen molar-refractivity contribution in [2.24, 2.45) is 0 Å². The Labute approximate surface area is 163 Å². The summed E-state index contributed by atoms with van der Waals surface area (Å²) in [5.41, 5.74) is 1.41. The van der Waals surface area contributed by atoms with Gasteiger partial charge in [-0.25, -0.2) is 0 Å². The largest absolute Gasteiger partial charge is 0.496 e. The van der Waals surface area contributed by atoms with E-state index in [2.05, 4.69) is 4.98 Å². The predicted octanol–water partition coefficient (Wildman–Crippen LogP) is 4.81. The van der Waals surface area contributed by atoms with Gasteiger partial charge in [0.1, 0.15) is 17.2 Å². The predicted molar refractivity (Wildman–Crippen MR) is 105 cm³/mol. The van der Waals surface area contributed by atoms with Gasteiger partial charge in [0.2, 0.25) is 0 Å². The number of methoxy groups -OCH3 is 1. The monoisotopic (exact) mass is 382 g/mol. The van der Waals surface area contributed by atoms with Crippen molar-refractivity contribution < 1.29 is 14.3 Å². The summed E-state index contributed by atoms with van der Waals surface area (Å²) < 4.78 is 11.0. The van der Waals surface area contributed by atoms with E-state index in [4.69, 9.17) is 21.1 Å². The highest BCUT2D eigenvalue weighted by atomic mass is 35.5. The fourth-order valence-electron chi connectivity index (χ4n) is 2.63. The minimum Gasteiger partial charge on any atom is -0.496 e. The number of hydrogen-bond donors (Lipinski definition) is 0. The molecule has 0 bridgehead atoms. The topological polar surface area (TPSA) is 51.7 Å². The van der Waals surface area contributed by atoms with E-state index in [9.17, 15) is 4.79 Å². The lowest BCUT2D eigenvalue weighted by atomic mass is 10.1. The molecule has 2 aromatic carbocycles. The van der Waals surface area contributed by atoms with E-state index in [0.29, 0.717) is 34.4 Å². The van der Waals surface area contributed by atoms with Crippen LogP contribution in [-0.4, -0.2) is 29.9 Å². The summed E-state index contributed by atoms with van der Waals surface area (Å²) >= 11 is 6.06. The third kappa shape index (κ3) is 4.77. The quantitative estimate of drug-likeness (QED) is 0.614. The van der Waals surface area contributed by atoms with Crippen LogP contribution < -0.4 is 9.47 Å². The van der Waals surface area contributed by atoms with E-state index < -0.39 is 0 Å². The van der Waals surface area contributed by atoms with Gasteiger partial charge in [0, 0.05) is 35.9 Å². The van der Waals surface area contributed by atoms with Crippen LogP contribution in [-0.2, 0) is 6.54 Å². The Morgan fingerprint density at radius 2 is 1.89 bits per heavy atom. The number of aromatic nitrogens is 1. The first-order valence-corrected chi connectivity index (χ1v) is 8.70. The van der Waals surface area contributed by atoms with Crippen molar-refractivity contribution in [2.75, 3.05) is 14.2 Å². The molecule has 0 aliphatic heterocycles. The number of amides is 1. The molecule has 0 aliphatic carbocycles. The summed E-state index contributed by atoms with van der Waals surface area (Å²) in [6.07, 6.45) is 3.31. The van der Waals surface area contributed by atoms with Crippen molar-refractivity contribution in [1.82, 2.24) is 9.88 Å². The standard InChI is InChI=1S/C21H19ClN2O3/c1-24(14-16-12-17(22)7-10-20(16)26-2)21(25)15-5-8-18(9-6-15)27-19-4-3-11-23-13-19/h3-13H,14H2,1-2H3. The molecule has 3 aromatic rings. The molecule has 1 heterocycles. The smallest absolute Gasteiger partial charge is 0.253 e. The number of benzene rings is 2. The van der Waals surface area contributed by atoms with Gasteiger partial charge in [-0.15, -0.1) is 0 Å². The van der Waals surface area contributed by atoms with E-state index in [1.807, 2.05) is 6.07 Å². The van der Waals surface area contributed by atoms with E-state index in [-0.39, 0.29) is 5.91 Å². The molecule has 0 fully saturated rings. The third-order valence-corrected chi connectivity index (χ3v) is 4.20. The van der Waals surface area contributed by atoms with Gasteiger partial charge < -0.3 is 14.4 Å². The lowest BCUT2D eigenvalue weighted by Gasteiger charge is -2.19. The van der Waals surface area contributed by atoms with Crippen molar-refractivity contribution >= 4 is 17.5 Å². The van der Waals surface area contributed by atoms with Crippen molar-refractivity contribution in [1.29, 1.82) is 0 Å². The number of ether oxygens (including phenoxy) is 2. The summed E-state index contributed by atoms with van der Waals surface area (Å²) in [5, 5.41) is 0.601. The minimum absolute atomic E-state index is 0.107. The summed E-state index contributed by atoms with van der Waals surface area (Å²) in [4.78, 5) is 18.3. The zero-order valence-corrected chi connectivity index (χ0v) is 15.8. The number of carbonyl (C=O) groups excluding carboxylic acids is 1. The van der Waals surface area contributed by atoms with E-state index in [1.54, 1.807) is 80.0 Å². The molecule has 0 N–H and O–H groups in total. The van der Waals surface area contributed by atoms with Gasteiger partial charge in [-0.05, 0) is 54.6 Å². The molecule has 0 radical (unpaired) electrons. The number of halogens is 1. The third-order valence-electron chi connectivity index (χ3n) is 3.97. The van der Waals surface area contributed by atoms with Crippen LogP contribution in [0.15, 0.2) is 67.0 Å². The molecule has 0 atom stereocenters. The van der Waals surface area contributed by atoms with E-state index in [1.165, 1.54) is 0 Å². The maximum Gasteiger partial charge on any atom is 0.253 e. The van der Waals surface area contributed by atoms with Crippen molar-refractivity contribution in [3.8, 4) is 17.2 Å². The van der Waals surface area contributed by atoms with Crippen LogP contribution in [0.3, 0.4) is 0 Å². The van der Waals surface area contributed by atoms with E-state index >= 15 is 0 Å². The number of nitrogens with zero attached hydrogens (tertiary/aromatic N) is 2. The Morgan fingerprint density at radius 1 is 1.11 bits per heavy atom. The molecule has 0 spiro atoms. The second-order valence-electron chi connectivity index (χ2n) is 5.93. The van der Waals surface area contributed by atoms with Crippen LogP contribution in [0.2, 0.25) is 5.02 Å². The molecule has 6 heteroatoms. The number of hydrogen-bond acceptors (Lipinski definition) is 4. The Hall–Kier alpha value is -3.05. The number of pyridine rings is 1. The van der Waals surface area contributed by atoms with Gasteiger partial charge in [-0.3, -0.25) is 9.78 Å². The molecular formula is C21H19ClN2O3. The van der Waals surface area contributed by atoms with E-state index in [0.717, 1.165) is 5.56 Å². The lowest BCUT2D eigenvalue weighted by Crippen LogP contribution is -2.26. The summed E-state index contributed by atoms with van der Waals surface area (Å²) in [5.74, 6) is 1.87. The Kier molecular flexibility index (Phi) is 5.94. The average molecular weight is 383 g/mol. The Morgan fingerprint density at radius 3 is 2.56 bits per heavy atom. The van der Waals surface area contributed by atoms with Crippen LogP contribution >= 0.6 is 11.6 Å². The molecule has 27 heavy (non-hydrogen) atoms. The van der Waals surface area contributed by atoms with Crippen LogP contribution in [0.1, 0.15) is 15.9 Å². The summed E-state index contributed by atoms with van der Waals surface area (Å²) in [6.45, 7) is 0.385. The van der Waals surface area contributed by atoms with Gasteiger partial charge in [0.15, 0.2) is 0 Å². The normalized spacial score (nSPS) is 10.3. The summed E-state index contributed by atoms with van der Waals surface area (Å²) in [7, 11) is 3.33. The lowest BCUT2D eigenvalue weighted by molar-refractivity contribution is 0.0784. The van der Waals surface area contributed by atoms with Gasteiger partial charge in [-0.1, -0.05) is 11.6 Å². The minimum atomic E-state index is -0.107.